The number of nitrogens with one attached hydrogen (secondary N) is 1. The van der Waals surface area contributed by atoms with Crippen LogP contribution in [0.2, 0.25) is 0 Å². The zero-order valence-corrected chi connectivity index (χ0v) is 16.3. The molecule has 2 N–H and O–H groups in total. The minimum Gasteiger partial charge on any atom is -0.507 e. The fourth-order valence-corrected chi connectivity index (χ4v) is 2.55. The van der Waals surface area contributed by atoms with Crippen LogP contribution in [0.4, 0.5) is 0 Å². The van der Waals surface area contributed by atoms with Gasteiger partial charge < -0.3 is 14.6 Å². The number of para-hydroxylation sites is 1. The number of ether oxygens (including phenoxy) is 2. The molecule has 0 fully saturated rings. The molecule has 1 amide bonds. The first kappa shape index (κ1) is 20.4. The molecule has 0 atom stereocenters. The maximum atomic E-state index is 11.9. The van der Waals surface area contributed by atoms with Gasteiger partial charge in [0.25, 0.3) is 5.91 Å². The molecule has 0 spiro atoms. The maximum Gasteiger partial charge on any atom is 0.278 e. The molecule has 9 heteroatoms. The Balaban J connectivity index is 2.05. The third-order valence-electron chi connectivity index (χ3n) is 3.44. The zero-order valence-electron chi connectivity index (χ0n) is 14.7. The number of carbonyl (C=O) groups excluding carboxylic acids is 1. The van der Waals surface area contributed by atoms with Crippen molar-refractivity contribution in [1.82, 2.24) is 10.4 Å². The van der Waals surface area contributed by atoms with Crippen LogP contribution in [0.1, 0.15) is 22.4 Å². The number of phenols is 1. The van der Waals surface area contributed by atoms with Crippen molar-refractivity contribution in [2.45, 2.75) is 13.5 Å². The number of methoxy groups -OCH3 is 1. The molecule has 2 rings (SSSR count). The predicted molar refractivity (Wildman–Crippen MR) is 101 cm³/mol. The van der Waals surface area contributed by atoms with E-state index < -0.39 is 5.91 Å². The number of aromatic hydroxyl groups is 1. The number of nitrogens with zero attached hydrogens (tertiary/aromatic N) is 3. The van der Waals surface area contributed by atoms with Gasteiger partial charge >= 0.3 is 0 Å². The molecule has 0 aliphatic heterocycles. The van der Waals surface area contributed by atoms with Crippen molar-refractivity contribution in [1.29, 1.82) is 5.26 Å². The summed E-state index contributed by atoms with van der Waals surface area (Å²) in [7, 11) is 1.51. The molecule has 1 aromatic heterocycles. The van der Waals surface area contributed by atoms with Crippen LogP contribution in [0.5, 0.6) is 11.6 Å². The number of pyridine rings is 1. The average Bonchev–Trinajstić information content (AvgIpc) is 2.65. The second-order valence-electron chi connectivity index (χ2n) is 5.36. The lowest BCUT2D eigenvalue weighted by Crippen LogP contribution is -2.25. The van der Waals surface area contributed by atoms with Crippen LogP contribution in [0.3, 0.4) is 0 Å². The van der Waals surface area contributed by atoms with Crippen LogP contribution in [-0.4, -0.2) is 35.9 Å². The molecule has 2 aromatic rings. The smallest absolute Gasteiger partial charge is 0.278 e. The van der Waals surface area contributed by atoms with E-state index in [2.05, 4.69) is 31.4 Å². The summed E-state index contributed by atoms with van der Waals surface area (Å²) >= 11 is 3.38. The molecule has 0 aliphatic carbocycles. The molecule has 0 bridgehead atoms. The van der Waals surface area contributed by atoms with E-state index in [1.807, 2.05) is 6.07 Å². The van der Waals surface area contributed by atoms with Gasteiger partial charge in [-0.25, -0.2) is 10.4 Å². The number of aromatic nitrogens is 1. The van der Waals surface area contributed by atoms with Crippen molar-refractivity contribution in [2.24, 2.45) is 5.10 Å². The van der Waals surface area contributed by atoms with E-state index >= 15 is 0 Å². The van der Waals surface area contributed by atoms with Gasteiger partial charge in [0.15, 0.2) is 6.61 Å². The van der Waals surface area contributed by atoms with Gasteiger partial charge in [0.2, 0.25) is 5.88 Å². The van der Waals surface area contributed by atoms with Gasteiger partial charge in [0, 0.05) is 22.7 Å². The van der Waals surface area contributed by atoms with E-state index in [-0.39, 0.29) is 30.4 Å². The molecule has 0 saturated carbocycles. The summed E-state index contributed by atoms with van der Waals surface area (Å²) in [5.74, 6) is -0.447. The van der Waals surface area contributed by atoms with Crippen molar-refractivity contribution >= 4 is 28.1 Å². The number of halogens is 1. The fraction of sp³-hybridized carbons (Fsp3) is 0.222. The molecule has 1 heterocycles. The summed E-state index contributed by atoms with van der Waals surface area (Å²) in [4.78, 5) is 16.1. The van der Waals surface area contributed by atoms with Gasteiger partial charge in [-0.1, -0.05) is 12.1 Å². The van der Waals surface area contributed by atoms with Crippen LogP contribution in [0.15, 0.2) is 33.8 Å². The number of hydrazone groups is 1. The largest absolute Gasteiger partial charge is 0.507 e. The summed E-state index contributed by atoms with van der Waals surface area (Å²) in [5, 5.41) is 22.8. The van der Waals surface area contributed by atoms with Crippen molar-refractivity contribution in [3.63, 3.8) is 0 Å². The molecular weight excluding hydrogens is 416 g/mol. The Morgan fingerprint density at radius 3 is 2.89 bits per heavy atom. The van der Waals surface area contributed by atoms with Crippen LogP contribution in [0.25, 0.3) is 0 Å². The van der Waals surface area contributed by atoms with E-state index in [0.29, 0.717) is 21.3 Å². The summed E-state index contributed by atoms with van der Waals surface area (Å²) < 4.78 is 11.2. The maximum absolute atomic E-state index is 11.9. The highest BCUT2D eigenvalue weighted by Crippen LogP contribution is 2.29. The number of amides is 1. The van der Waals surface area contributed by atoms with E-state index in [0.717, 1.165) is 0 Å². The standard InChI is InChI=1S/C18H17BrN4O4/c1-11-17(19)14(9-26-2)13(7-20)18(22-11)27-10-16(25)23-21-8-12-5-3-4-6-15(12)24/h3-6,8,24H,9-10H2,1-2H3,(H,23,25)/b21-8+. The van der Waals surface area contributed by atoms with Gasteiger partial charge in [0.05, 0.1) is 18.5 Å². The molecule has 0 saturated heterocycles. The Bertz CT molecular complexity index is 909. The molecule has 27 heavy (non-hydrogen) atoms. The van der Waals surface area contributed by atoms with Crippen molar-refractivity contribution < 1.29 is 19.4 Å². The molecule has 1 aromatic carbocycles. The summed E-state index contributed by atoms with van der Waals surface area (Å²) in [6.07, 6.45) is 1.31. The van der Waals surface area contributed by atoms with Gasteiger partial charge in [-0.2, -0.15) is 10.4 Å². The number of nitriles is 1. The number of benzene rings is 1. The minimum atomic E-state index is -0.541. The SMILES string of the molecule is COCc1c(Br)c(C)nc(OCC(=O)N/N=C/c2ccccc2O)c1C#N. The number of phenolic OH excluding ortho intramolecular Hbond substituents is 1. The Hall–Kier alpha value is -2.96. The monoisotopic (exact) mass is 432 g/mol. The van der Waals surface area contributed by atoms with Crippen LogP contribution in [0, 0.1) is 18.3 Å². The Kier molecular flexibility index (Phi) is 7.28. The van der Waals surface area contributed by atoms with E-state index in [1.165, 1.54) is 19.4 Å². The Labute approximate surface area is 164 Å². The third-order valence-corrected chi connectivity index (χ3v) is 4.49. The van der Waals surface area contributed by atoms with Crippen LogP contribution in [-0.2, 0) is 16.1 Å². The molecule has 0 unspecified atom stereocenters. The second kappa shape index (κ2) is 9.66. The van der Waals surface area contributed by atoms with Crippen molar-refractivity contribution in [3.05, 3.63) is 51.1 Å². The lowest BCUT2D eigenvalue weighted by atomic mass is 10.1. The minimum absolute atomic E-state index is 0.0464. The molecule has 8 nitrogen and oxygen atoms in total. The van der Waals surface area contributed by atoms with Crippen LogP contribution >= 0.6 is 15.9 Å². The zero-order chi connectivity index (χ0) is 19.8. The van der Waals surface area contributed by atoms with Gasteiger partial charge in [-0.15, -0.1) is 0 Å². The first-order valence-electron chi connectivity index (χ1n) is 7.78. The molecule has 0 radical (unpaired) electrons. The second-order valence-corrected chi connectivity index (χ2v) is 6.15. The number of hydrogen-bond donors (Lipinski definition) is 2. The highest BCUT2D eigenvalue weighted by atomic mass is 79.9. The fourth-order valence-electron chi connectivity index (χ4n) is 2.15. The summed E-state index contributed by atoms with van der Waals surface area (Å²) in [6, 6.07) is 8.59. The highest BCUT2D eigenvalue weighted by Gasteiger charge is 2.18. The number of carbonyl (C=O) groups is 1. The number of aryl methyl sites for hydroxylation is 1. The summed E-state index contributed by atoms with van der Waals surface area (Å²) in [5.41, 5.74) is 4.14. The summed E-state index contributed by atoms with van der Waals surface area (Å²) in [6.45, 7) is 1.56. The van der Waals surface area contributed by atoms with Crippen molar-refractivity contribution in [2.75, 3.05) is 13.7 Å². The van der Waals surface area contributed by atoms with Crippen molar-refractivity contribution in [3.8, 4) is 17.7 Å². The first-order valence-corrected chi connectivity index (χ1v) is 8.58. The number of rotatable bonds is 7. The number of hydrogen-bond acceptors (Lipinski definition) is 7. The average molecular weight is 433 g/mol. The van der Waals surface area contributed by atoms with Crippen LogP contribution < -0.4 is 10.2 Å². The quantitative estimate of drug-likeness (QED) is 0.512. The lowest BCUT2D eigenvalue weighted by Gasteiger charge is -2.13. The van der Waals surface area contributed by atoms with Gasteiger partial charge in [-0.3, -0.25) is 4.79 Å². The van der Waals surface area contributed by atoms with Gasteiger partial charge in [0.1, 0.15) is 17.4 Å². The first-order chi connectivity index (χ1) is 13.0. The molecular formula is C18H17BrN4O4. The van der Waals surface area contributed by atoms with E-state index in [1.54, 1.807) is 25.1 Å². The van der Waals surface area contributed by atoms with Gasteiger partial charge in [-0.05, 0) is 35.0 Å². The molecule has 0 aliphatic rings. The normalized spacial score (nSPS) is 10.6. The predicted octanol–water partition coefficient (Wildman–Crippen LogP) is 2.41. The Morgan fingerprint density at radius 2 is 2.22 bits per heavy atom. The Morgan fingerprint density at radius 1 is 1.48 bits per heavy atom. The topological polar surface area (TPSA) is 117 Å². The van der Waals surface area contributed by atoms with E-state index in [4.69, 9.17) is 9.47 Å². The highest BCUT2D eigenvalue weighted by molar-refractivity contribution is 9.10. The van der Waals surface area contributed by atoms with E-state index in [9.17, 15) is 15.2 Å². The lowest BCUT2D eigenvalue weighted by molar-refractivity contribution is -0.123. The molecule has 140 valence electrons. The third kappa shape index (κ3) is 5.26.